The summed E-state index contributed by atoms with van der Waals surface area (Å²) in [5.74, 6) is 1.75. The number of aromatic nitrogens is 1. The molecule has 19 heavy (non-hydrogen) atoms. The van der Waals surface area contributed by atoms with E-state index in [-0.39, 0.29) is 6.04 Å². The number of fused-ring (bicyclic) bond motifs is 1. The van der Waals surface area contributed by atoms with Gasteiger partial charge in [-0.3, -0.25) is 0 Å². The summed E-state index contributed by atoms with van der Waals surface area (Å²) in [5.41, 5.74) is 0.972. The van der Waals surface area contributed by atoms with E-state index in [0.717, 1.165) is 26.9 Å². The van der Waals surface area contributed by atoms with E-state index in [0.29, 0.717) is 0 Å². The molecule has 0 saturated carbocycles. The van der Waals surface area contributed by atoms with Gasteiger partial charge in [0.15, 0.2) is 5.13 Å². The second-order valence-corrected chi connectivity index (χ2v) is 5.26. The molecule has 0 saturated heterocycles. The third kappa shape index (κ3) is 2.42. The first-order chi connectivity index (χ1) is 9.26. The van der Waals surface area contributed by atoms with Gasteiger partial charge >= 0.3 is 0 Å². The van der Waals surface area contributed by atoms with E-state index in [2.05, 4.69) is 10.3 Å². The molecule has 3 aromatic rings. The molecule has 0 aliphatic heterocycles. The Balaban J connectivity index is 1.85. The van der Waals surface area contributed by atoms with Crippen molar-refractivity contribution < 1.29 is 9.15 Å². The van der Waals surface area contributed by atoms with Crippen LogP contribution in [0.25, 0.3) is 10.2 Å². The van der Waals surface area contributed by atoms with Crippen LogP contribution in [0.3, 0.4) is 0 Å². The SMILES string of the molecule is COc1ccc2nc(NC(C)c3ccco3)sc2c1. The molecule has 1 atom stereocenters. The largest absolute Gasteiger partial charge is 0.497 e. The molecule has 5 heteroatoms. The fourth-order valence-electron chi connectivity index (χ4n) is 1.89. The van der Waals surface area contributed by atoms with Crippen molar-refractivity contribution >= 4 is 26.7 Å². The Hall–Kier alpha value is -2.01. The first-order valence-electron chi connectivity index (χ1n) is 6.01. The van der Waals surface area contributed by atoms with Crippen molar-refractivity contribution in [2.45, 2.75) is 13.0 Å². The van der Waals surface area contributed by atoms with Crippen LogP contribution in [-0.4, -0.2) is 12.1 Å². The van der Waals surface area contributed by atoms with Crippen LogP contribution in [0.4, 0.5) is 5.13 Å². The van der Waals surface area contributed by atoms with Crippen molar-refractivity contribution in [2.24, 2.45) is 0 Å². The van der Waals surface area contributed by atoms with E-state index in [4.69, 9.17) is 9.15 Å². The molecule has 0 aliphatic rings. The van der Waals surface area contributed by atoms with Crippen LogP contribution >= 0.6 is 11.3 Å². The van der Waals surface area contributed by atoms with Gasteiger partial charge in [-0.05, 0) is 37.3 Å². The maximum absolute atomic E-state index is 5.37. The lowest BCUT2D eigenvalue weighted by Crippen LogP contribution is -2.04. The molecule has 0 radical (unpaired) electrons. The van der Waals surface area contributed by atoms with Crippen LogP contribution in [-0.2, 0) is 0 Å². The zero-order chi connectivity index (χ0) is 13.2. The summed E-state index contributed by atoms with van der Waals surface area (Å²) in [6.07, 6.45) is 1.68. The van der Waals surface area contributed by atoms with Gasteiger partial charge in [-0.15, -0.1) is 0 Å². The molecule has 1 aromatic carbocycles. The number of nitrogens with zero attached hydrogens (tertiary/aromatic N) is 1. The van der Waals surface area contributed by atoms with Crippen LogP contribution < -0.4 is 10.1 Å². The van der Waals surface area contributed by atoms with Crippen molar-refractivity contribution in [3.8, 4) is 5.75 Å². The van der Waals surface area contributed by atoms with Crippen LogP contribution in [0.1, 0.15) is 18.7 Å². The topological polar surface area (TPSA) is 47.3 Å². The van der Waals surface area contributed by atoms with E-state index in [9.17, 15) is 0 Å². The fraction of sp³-hybridized carbons (Fsp3) is 0.214. The van der Waals surface area contributed by atoms with Crippen LogP contribution in [0.5, 0.6) is 5.75 Å². The Kier molecular flexibility index (Phi) is 3.13. The van der Waals surface area contributed by atoms with E-state index < -0.39 is 0 Å². The normalized spacial score (nSPS) is 12.5. The van der Waals surface area contributed by atoms with Gasteiger partial charge in [-0.1, -0.05) is 11.3 Å². The number of hydrogen-bond acceptors (Lipinski definition) is 5. The average molecular weight is 274 g/mol. The summed E-state index contributed by atoms with van der Waals surface area (Å²) >= 11 is 1.61. The number of hydrogen-bond donors (Lipinski definition) is 1. The molecule has 0 amide bonds. The smallest absolute Gasteiger partial charge is 0.184 e. The minimum absolute atomic E-state index is 0.0949. The first kappa shape index (κ1) is 12.0. The number of rotatable bonds is 4. The third-order valence-electron chi connectivity index (χ3n) is 2.91. The molecule has 98 valence electrons. The molecule has 0 aliphatic carbocycles. The highest BCUT2D eigenvalue weighted by atomic mass is 32.1. The Bertz CT molecular complexity index is 676. The van der Waals surface area contributed by atoms with Gasteiger partial charge in [0.2, 0.25) is 0 Å². The minimum atomic E-state index is 0.0949. The molecule has 3 rings (SSSR count). The molecule has 4 nitrogen and oxygen atoms in total. The zero-order valence-electron chi connectivity index (χ0n) is 10.7. The second-order valence-electron chi connectivity index (χ2n) is 4.23. The lowest BCUT2D eigenvalue weighted by Gasteiger charge is -2.08. The van der Waals surface area contributed by atoms with E-state index in [1.807, 2.05) is 37.3 Å². The molecule has 2 aromatic heterocycles. The highest BCUT2D eigenvalue weighted by molar-refractivity contribution is 7.22. The Morgan fingerprint density at radius 2 is 2.26 bits per heavy atom. The molecule has 1 unspecified atom stereocenters. The van der Waals surface area contributed by atoms with Crippen molar-refractivity contribution in [1.82, 2.24) is 4.98 Å². The maximum Gasteiger partial charge on any atom is 0.184 e. The van der Waals surface area contributed by atoms with Crippen molar-refractivity contribution in [3.63, 3.8) is 0 Å². The predicted octanol–water partition coefficient (Wildman–Crippen LogP) is 4.07. The molecule has 1 N–H and O–H groups in total. The number of methoxy groups -OCH3 is 1. The number of furan rings is 1. The molecular formula is C14H14N2O2S. The maximum atomic E-state index is 5.37. The molecule has 2 heterocycles. The lowest BCUT2D eigenvalue weighted by atomic mass is 10.3. The number of nitrogens with one attached hydrogen (secondary N) is 1. The van der Waals surface area contributed by atoms with E-state index in [1.54, 1.807) is 24.7 Å². The number of anilines is 1. The summed E-state index contributed by atoms with van der Waals surface area (Å²) in [7, 11) is 1.67. The van der Waals surface area contributed by atoms with Crippen molar-refractivity contribution in [2.75, 3.05) is 12.4 Å². The number of thiazole rings is 1. The quantitative estimate of drug-likeness (QED) is 0.779. The van der Waals surface area contributed by atoms with Gasteiger partial charge in [-0.25, -0.2) is 4.98 Å². The van der Waals surface area contributed by atoms with Crippen LogP contribution in [0, 0.1) is 0 Å². The molecule has 0 bridgehead atoms. The summed E-state index contributed by atoms with van der Waals surface area (Å²) < 4.78 is 11.7. The summed E-state index contributed by atoms with van der Waals surface area (Å²) in [4.78, 5) is 4.55. The Labute approximate surface area is 115 Å². The summed E-state index contributed by atoms with van der Waals surface area (Å²) in [6, 6.07) is 9.81. The monoisotopic (exact) mass is 274 g/mol. The summed E-state index contributed by atoms with van der Waals surface area (Å²) in [6.45, 7) is 2.05. The minimum Gasteiger partial charge on any atom is -0.497 e. The van der Waals surface area contributed by atoms with E-state index >= 15 is 0 Å². The molecular weight excluding hydrogens is 260 g/mol. The van der Waals surface area contributed by atoms with Gasteiger partial charge in [0.25, 0.3) is 0 Å². The second kappa shape index (κ2) is 4.93. The van der Waals surface area contributed by atoms with Gasteiger partial charge in [-0.2, -0.15) is 0 Å². The highest BCUT2D eigenvalue weighted by Gasteiger charge is 2.11. The molecule has 0 spiro atoms. The predicted molar refractivity (Wildman–Crippen MR) is 76.9 cm³/mol. The van der Waals surface area contributed by atoms with Gasteiger partial charge in [0.05, 0.1) is 29.6 Å². The van der Waals surface area contributed by atoms with Gasteiger partial charge in [0.1, 0.15) is 11.5 Å². The standard InChI is InChI=1S/C14H14N2O2S/c1-9(12-4-3-7-18-12)15-14-16-11-6-5-10(17-2)8-13(11)19-14/h3-9H,1-2H3,(H,15,16). The summed E-state index contributed by atoms with van der Waals surface area (Å²) in [5, 5.41) is 4.23. The number of benzene rings is 1. The van der Waals surface area contributed by atoms with Crippen LogP contribution in [0.15, 0.2) is 41.0 Å². The van der Waals surface area contributed by atoms with Gasteiger partial charge < -0.3 is 14.5 Å². The third-order valence-corrected chi connectivity index (χ3v) is 3.85. The van der Waals surface area contributed by atoms with Crippen molar-refractivity contribution in [1.29, 1.82) is 0 Å². The Morgan fingerprint density at radius 1 is 1.37 bits per heavy atom. The molecule has 0 fully saturated rings. The van der Waals surface area contributed by atoms with Gasteiger partial charge in [0, 0.05) is 0 Å². The fourth-order valence-corrected chi connectivity index (χ4v) is 2.87. The van der Waals surface area contributed by atoms with E-state index in [1.165, 1.54) is 0 Å². The zero-order valence-corrected chi connectivity index (χ0v) is 11.5. The highest BCUT2D eigenvalue weighted by Crippen LogP contribution is 2.31. The number of ether oxygens (including phenoxy) is 1. The van der Waals surface area contributed by atoms with Crippen molar-refractivity contribution in [3.05, 3.63) is 42.4 Å². The lowest BCUT2D eigenvalue weighted by molar-refractivity contribution is 0.415. The van der Waals surface area contributed by atoms with Crippen LogP contribution in [0.2, 0.25) is 0 Å². The Morgan fingerprint density at radius 3 is 3.00 bits per heavy atom. The average Bonchev–Trinajstić information content (AvgIpc) is 3.06. The first-order valence-corrected chi connectivity index (χ1v) is 6.82.